The van der Waals surface area contributed by atoms with Gasteiger partial charge in [0.2, 0.25) is 0 Å². The van der Waals surface area contributed by atoms with Crippen molar-refractivity contribution in [2.24, 2.45) is 5.92 Å². The van der Waals surface area contributed by atoms with Gasteiger partial charge < -0.3 is 5.11 Å². The van der Waals surface area contributed by atoms with E-state index < -0.39 is 0 Å². The first-order valence-electron chi connectivity index (χ1n) is 5.93. The van der Waals surface area contributed by atoms with Gasteiger partial charge in [-0.2, -0.15) is 0 Å². The van der Waals surface area contributed by atoms with Gasteiger partial charge in [-0.3, -0.25) is 9.59 Å². The van der Waals surface area contributed by atoms with Crippen molar-refractivity contribution >= 4 is 12.1 Å². The van der Waals surface area contributed by atoms with E-state index in [2.05, 4.69) is 0 Å². The van der Waals surface area contributed by atoms with Crippen LogP contribution in [0.2, 0.25) is 0 Å². The van der Waals surface area contributed by atoms with E-state index in [0.717, 1.165) is 12.8 Å². The van der Waals surface area contributed by atoms with Gasteiger partial charge in [-0.1, -0.05) is 37.6 Å². The van der Waals surface area contributed by atoms with E-state index in [1.807, 2.05) is 6.92 Å². The Balaban J connectivity index is 2.95. The molecule has 1 unspecified atom stereocenters. The number of benzene rings is 1. The maximum absolute atomic E-state index is 12.2. The first-order chi connectivity index (χ1) is 8.24. The molecule has 0 saturated heterocycles. The fraction of sp³-hybridized carbons (Fsp3) is 0.429. The molecule has 0 aromatic heterocycles. The molecule has 3 nitrogen and oxygen atoms in total. The van der Waals surface area contributed by atoms with Gasteiger partial charge in [0, 0.05) is 23.7 Å². The zero-order valence-corrected chi connectivity index (χ0v) is 10.1. The van der Waals surface area contributed by atoms with Gasteiger partial charge in [-0.15, -0.1) is 0 Å². The quantitative estimate of drug-likeness (QED) is 0.582. The molecule has 3 heteroatoms. The molecule has 0 spiro atoms. The molecule has 0 aliphatic carbocycles. The van der Waals surface area contributed by atoms with Crippen molar-refractivity contribution in [3.63, 3.8) is 0 Å². The lowest BCUT2D eigenvalue weighted by molar-refractivity contribution is 0.0883. The summed E-state index contributed by atoms with van der Waals surface area (Å²) in [5.41, 5.74) is 0.894. The molecule has 0 fully saturated rings. The molecule has 0 saturated carbocycles. The fourth-order valence-corrected chi connectivity index (χ4v) is 1.95. The minimum absolute atomic E-state index is 0.000334. The van der Waals surface area contributed by atoms with Crippen molar-refractivity contribution < 1.29 is 14.7 Å². The standard InChI is InChI=1S/C14H18O3/c1-2-5-11(8-9-15)14(17)13-7-4-3-6-12(13)10-16/h3-4,6-7,10-11,15H,2,5,8-9H2,1H3. The molecule has 0 bridgehead atoms. The third kappa shape index (κ3) is 3.49. The molecule has 1 aromatic carbocycles. The van der Waals surface area contributed by atoms with E-state index in [1.54, 1.807) is 24.3 Å². The third-order valence-corrected chi connectivity index (χ3v) is 2.84. The van der Waals surface area contributed by atoms with Crippen LogP contribution in [0.3, 0.4) is 0 Å². The van der Waals surface area contributed by atoms with Gasteiger partial charge in [-0.05, 0) is 12.8 Å². The summed E-state index contributed by atoms with van der Waals surface area (Å²) < 4.78 is 0. The molecule has 0 aliphatic heterocycles. The Kier molecular flexibility index (Phi) is 5.57. The monoisotopic (exact) mass is 234 g/mol. The third-order valence-electron chi connectivity index (χ3n) is 2.84. The van der Waals surface area contributed by atoms with Gasteiger partial charge in [0.1, 0.15) is 0 Å². The van der Waals surface area contributed by atoms with Crippen LogP contribution in [-0.2, 0) is 0 Å². The molecule has 1 atom stereocenters. The van der Waals surface area contributed by atoms with Crippen molar-refractivity contribution in [1.82, 2.24) is 0 Å². The van der Waals surface area contributed by atoms with E-state index in [9.17, 15) is 9.59 Å². The highest BCUT2D eigenvalue weighted by Crippen LogP contribution is 2.19. The topological polar surface area (TPSA) is 54.4 Å². The highest BCUT2D eigenvalue weighted by Gasteiger charge is 2.20. The Hall–Kier alpha value is -1.48. The lowest BCUT2D eigenvalue weighted by atomic mass is 9.89. The fourth-order valence-electron chi connectivity index (χ4n) is 1.95. The largest absolute Gasteiger partial charge is 0.396 e. The average Bonchev–Trinajstić information content (AvgIpc) is 2.37. The van der Waals surface area contributed by atoms with Gasteiger partial charge >= 0.3 is 0 Å². The minimum atomic E-state index is -0.189. The van der Waals surface area contributed by atoms with Crippen LogP contribution in [0.4, 0.5) is 0 Å². The van der Waals surface area contributed by atoms with E-state index in [0.29, 0.717) is 23.8 Å². The summed E-state index contributed by atoms with van der Waals surface area (Å²) in [5, 5.41) is 8.96. The number of aliphatic hydroxyl groups is 1. The smallest absolute Gasteiger partial charge is 0.166 e. The summed E-state index contributed by atoms with van der Waals surface area (Å²) in [6.45, 7) is 2.00. The van der Waals surface area contributed by atoms with Crippen LogP contribution in [0, 0.1) is 5.92 Å². The van der Waals surface area contributed by atoms with Crippen LogP contribution >= 0.6 is 0 Å². The number of Topliss-reactive ketones (excluding diaryl/α,β-unsaturated/α-hetero) is 1. The number of carbonyl (C=O) groups excluding carboxylic acids is 2. The van der Waals surface area contributed by atoms with Crippen LogP contribution < -0.4 is 0 Å². The van der Waals surface area contributed by atoms with Gasteiger partial charge in [0.15, 0.2) is 12.1 Å². The van der Waals surface area contributed by atoms with E-state index in [4.69, 9.17) is 5.11 Å². The molecular formula is C14H18O3. The Morgan fingerprint density at radius 1 is 1.35 bits per heavy atom. The van der Waals surface area contributed by atoms with Gasteiger partial charge in [-0.25, -0.2) is 0 Å². The highest BCUT2D eigenvalue weighted by molar-refractivity contribution is 6.03. The normalized spacial score (nSPS) is 12.1. The molecular weight excluding hydrogens is 216 g/mol. The predicted molar refractivity (Wildman–Crippen MR) is 66.3 cm³/mol. The molecule has 0 amide bonds. The van der Waals surface area contributed by atoms with Gasteiger partial charge in [0.25, 0.3) is 0 Å². The van der Waals surface area contributed by atoms with Crippen LogP contribution in [-0.4, -0.2) is 23.8 Å². The number of aldehydes is 1. The average molecular weight is 234 g/mol. The van der Waals surface area contributed by atoms with E-state index >= 15 is 0 Å². The lowest BCUT2D eigenvalue weighted by Crippen LogP contribution is -2.17. The second-order valence-corrected chi connectivity index (χ2v) is 4.07. The number of ketones is 1. The van der Waals surface area contributed by atoms with Crippen LogP contribution in [0.25, 0.3) is 0 Å². The van der Waals surface area contributed by atoms with Crippen molar-refractivity contribution in [1.29, 1.82) is 0 Å². The van der Waals surface area contributed by atoms with Crippen molar-refractivity contribution in [3.8, 4) is 0 Å². The zero-order chi connectivity index (χ0) is 12.7. The summed E-state index contributed by atoms with van der Waals surface area (Å²) in [5.74, 6) is -0.227. The van der Waals surface area contributed by atoms with Crippen molar-refractivity contribution in [3.05, 3.63) is 35.4 Å². The lowest BCUT2D eigenvalue weighted by Gasteiger charge is -2.14. The molecule has 17 heavy (non-hydrogen) atoms. The molecule has 1 N–H and O–H groups in total. The van der Waals surface area contributed by atoms with Crippen LogP contribution in [0.15, 0.2) is 24.3 Å². The zero-order valence-electron chi connectivity index (χ0n) is 10.1. The maximum atomic E-state index is 12.2. The number of rotatable bonds is 7. The van der Waals surface area contributed by atoms with Crippen LogP contribution in [0.5, 0.6) is 0 Å². The Morgan fingerprint density at radius 2 is 2.06 bits per heavy atom. The Bertz CT molecular complexity index is 379. The summed E-state index contributed by atoms with van der Waals surface area (Å²) in [6.07, 6.45) is 2.79. The number of aliphatic hydroxyl groups excluding tert-OH is 1. The van der Waals surface area contributed by atoms with Crippen molar-refractivity contribution in [2.75, 3.05) is 6.61 Å². The second kappa shape index (κ2) is 6.97. The van der Waals surface area contributed by atoms with Crippen molar-refractivity contribution in [2.45, 2.75) is 26.2 Å². The van der Waals surface area contributed by atoms with E-state index in [1.165, 1.54) is 0 Å². The number of hydrogen-bond donors (Lipinski definition) is 1. The summed E-state index contributed by atoms with van der Waals surface area (Å²) in [7, 11) is 0. The number of hydrogen-bond acceptors (Lipinski definition) is 3. The predicted octanol–water partition coefficient (Wildman–Crippen LogP) is 2.48. The Labute approximate surface area is 101 Å². The molecule has 0 radical (unpaired) electrons. The van der Waals surface area contributed by atoms with Crippen LogP contribution in [0.1, 0.15) is 46.9 Å². The number of carbonyl (C=O) groups is 2. The molecule has 92 valence electrons. The maximum Gasteiger partial charge on any atom is 0.166 e. The first-order valence-corrected chi connectivity index (χ1v) is 5.93. The molecule has 1 rings (SSSR count). The minimum Gasteiger partial charge on any atom is -0.396 e. The second-order valence-electron chi connectivity index (χ2n) is 4.07. The van der Waals surface area contributed by atoms with Gasteiger partial charge in [0.05, 0.1) is 0 Å². The highest BCUT2D eigenvalue weighted by atomic mass is 16.3. The summed E-state index contributed by atoms with van der Waals surface area (Å²) in [6, 6.07) is 6.80. The molecule has 0 heterocycles. The molecule has 1 aromatic rings. The molecule has 0 aliphatic rings. The summed E-state index contributed by atoms with van der Waals surface area (Å²) >= 11 is 0. The summed E-state index contributed by atoms with van der Waals surface area (Å²) in [4.78, 5) is 23.1. The first kappa shape index (κ1) is 13.6. The Morgan fingerprint density at radius 3 is 2.65 bits per heavy atom. The van der Waals surface area contributed by atoms with E-state index in [-0.39, 0.29) is 18.3 Å². The SMILES string of the molecule is CCCC(CCO)C(=O)c1ccccc1C=O.